The van der Waals surface area contributed by atoms with Crippen LogP contribution in [0.1, 0.15) is 21.5 Å². The fraction of sp³-hybridized carbons (Fsp3) is 0.0476. The Kier molecular flexibility index (Phi) is 6.31. The van der Waals surface area contributed by atoms with Crippen LogP contribution >= 0.6 is 11.6 Å². The number of benzene rings is 3. The molecule has 0 saturated carbocycles. The molecule has 0 atom stereocenters. The highest BCUT2D eigenvalue weighted by atomic mass is 35.5. The number of hydrogen-bond donors (Lipinski definition) is 2. The van der Waals surface area contributed by atoms with Crippen LogP contribution in [0.4, 0.5) is 5.69 Å². The third-order valence-electron chi connectivity index (χ3n) is 3.98. The quantitative estimate of drug-likeness (QED) is 0.456. The summed E-state index contributed by atoms with van der Waals surface area (Å²) in [5, 5.41) is 4.51. The molecule has 3 aromatic carbocycles. The van der Waals surface area contributed by atoms with Gasteiger partial charge in [0.2, 0.25) is 0 Å². The van der Waals surface area contributed by atoms with E-state index in [1.807, 2.05) is 6.92 Å². The summed E-state index contributed by atoms with van der Waals surface area (Å²) in [6.45, 7) is 1.88. The highest BCUT2D eigenvalue weighted by molar-refractivity contribution is 7.92. The number of nitrogens with zero attached hydrogens (tertiary/aromatic N) is 1. The smallest absolute Gasteiger partial charge is 0.271 e. The summed E-state index contributed by atoms with van der Waals surface area (Å²) in [6, 6.07) is 19.6. The summed E-state index contributed by atoms with van der Waals surface area (Å²) in [5.74, 6) is -0.414. The molecule has 0 bridgehead atoms. The number of anilines is 1. The molecule has 0 aromatic heterocycles. The summed E-state index contributed by atoms with van der Waals surface area (Å²) < 4.78 is 27.3. The van der Waals surface area contributed by atoms with E-state index in [1.165, 1.54) is 42.6 Å². The molecule has 2 N–H and O–H groups in total. The third kappa shape index (κ3) is 5.66. The fourth-order valence-corrected chi connectivity index (χ4v) is 3.58. The molecular weight excluding hydrogens is 410 g/mol. The van der Waals surface area contributed by atoms with Gasteiger partial charge in [-0.15, -0.1) is 0 Å². The number of hydrazone groups is 1. The standard InChI is InChI=1S/C21H18ClN3O3S/c1-15-2-12-20(13-3-15)29(27,28)25-19-10-6-17(7-11-19)21(26)24-23-14-16-4-8-18(22)9-5-16/h2-14,25H,1H3,(H,24,26). The van der Waals surface area contributed by atoms with E-state index in [-0.39, 0.29) is 4.90 Å². The van der Waals surface area contributed by atoms with Crippen molar-refractivity contribution in [1.29, 1.82) is 0 Å². The van der Waals surface area contributed by atoms with Gasteiger partial charge in [-0.2, -0.15) is 5.10 Å². The first kappa shape index (κ1) is 20.6. The van der Waals surface area contributed by atoms with Crippen molar-refractivity contribution < 1.29 is 13.2 Å². The van der Waals surface area contributed by atoms with E-state index >= 15 is 0 Å². The molecule has 3 rings (SSSR count). The highest BCUT2D eigenvalue weighted by Gasteiger charge is 2.14. The minimum atomic E-state index is -3.69. The Labute approximate surface area is 174 Å². The van der Waals surface area contributed by atoms with Gasteiger partial charge in [-0.3, -0.25) is 9.52 Å². The minimum absolute atomic E-state index is 0.168. The average molecular weight is 428 g/mol. The summed E-state index contributed by atoms with van der Waals surface area (Å²) in [7, 11) is -3.69. The summed E-state index contributed by atoms with van der Waals surface area (Å²) >= 11 is 5.81. The zero-order chi connectivity index (χ0) is 20.9. The molecule has 0 aliphatic heterocycles. The van der Waals surface area contributed by atoms with E-state index in [2.05, 4.69) is 15.2 Å². The molecule has 0 aliphatic carbocycles. The predicted octanol–water partition coefficient (Wildman–Crippen LogP) is 4.21. The van der Waals surface area contributed by atoms with Gasteiger partial charge < -0.3 is 0 Å². The zero-order valence-electron chi connectivity index (χ0n) is 15.5. The Balaban J connectivity index is 1.62. The number of aryl methyl sites for hydroxylation is 1. The minimum Gasteiger partial charge on any atom is -0.280 e. The van der Waals surface area contributed by atoms with Crippen molar-refractivity contribution in [3.8, 4) is 0 Å². The summed E-state index contributed by atoms with van der Waals surface area (Å²) in [5.41, 5.74) is 4.88. The molecule has 148 valence electrons. The molecule has 8 heteroatoms. The first-order chi connectivity index (χ1) is 13.8. The Morgan fingerprint density at radius 1 is 0.931 bits per heavy atom. The Hall–Kier alpha value is -3.16. The average Bonchev–Trinajstić information content (AvgIpc) is 2.70. The van der Waals surface area contributed by atoms with E-state index < -0.39 is 15.9 Å². The van der Waals surface area contributed by atoms with Gasteiger partial charge in [0.25, 0.3) is 15.9 Å². The molecule has 0 unspecified atom stereocenters. The van der Waals surface area contributed by atoms with Crippen LogP contribution in [-0.2, 0) is 10.0 Å². The van der Waals surface area contributed by atoms with Crippen molar-refractivity contribution in [2.75, 3.05) is 4.72 Å². The predicted molar refractivity (Wildman–Crippen MR) is 115 cm³/mol. The van der Waals surface area contributed by atoms with E-state index in [0.717, 1.165) is 11.1 Å². The van der Waals surface area contributed by atoms with Crippen molar-refractivity contribution in [3.05, 3.63) is 94.5 Å². The van der Waals surface area contributed by atoms with Crippen LogP contribution in [0.5, 0.6) is 0 Å². The molecule has 0 saturated heterocycles. The molecule has 3 aromatic rings. The van der Waals surface area contributed by atoms with Crippen molar-refractivity contribution in [1.82, 2.24) is 5.43 Å². The molecule has 0 spiro atoms. The maximum absolute atomic E-state index is 12.4. The second-order valence-corrected chi connectivity index (χ2v) is 8.37. The first-order valence-corrected chi connectivity index (χ1v) is 10.5. The monoisotopic (exact) mass is 427 g/mol. The van der Waals surface area contributed by atoms with Crippen LogP contribution in [0, 0.1) is 6.92 Å². The Morgan fingerprint density at radius 2 is 1.55 bits per heavy atom. The lowest BCUT2D eigenvalue weighted by atomic mass is 10.2. The SMILES string of the molecule is Cc1ccc(S(=O)(=O)Nc2ccc(C(=O)NN=Cc3ccc(Cl)cc3)cc2)cc1. The molecule has 0 radical (unpaired) electrons. The van der Waals surface area contributed by atoms with Gasteiger partial charge in [0.15, 0.2) is 0 Å². The first-order valence-electron chi connectivity index (χ1n) is 8.62. The number of carbonyl (C=O) groups excluding carboxylic acids is 1. The maximum atomic E-state index is 12.4. The van der Waals surface area contributed by atoms with Crippen LogP contribution in [0.2, 0.25) is 5.02 Å². The summed E-state index contributed by atoms with van der Waals surface area (Å²) in [6.07, 6.45) is 1.50. The zero-order valence-corrected chi connectivity index (χ0v) is 17.0. The molecule has 6 nitrogen and oxygen atoms in total. The third-order valence-corrected chi connectivity index (χ3v) is 5.63. The number of hydrogen-bond acceptors (Lipinski definition) is 4. The van der Waals surface area contributed by atoms with Gasteiger partial charge in [0, 0.05) is 16.3 Å². The molecule has 0 fully saturated rings. The molecular formula is C21H18ClN3O3S. The molecule has 1 amide bonds. The topological polar surface area (TPSA) is 87.6 Å². The second-order valence-electron chi connectivity index (χ2n) is 6.25. The van der Waals surface area contributed by atoms with E-state index in [4.69, 9.17) is 11.6 Å². The number of rotatable bonds is 6. The lowest BCUT2D eigenvalue weighted by Gasteiger charge is -2.09. The van der Waals surface area contributed by atoms with Gasteiger partial charge in [-0.1, -0.05) is 41.4 Å². The number of nitrogens with one attached hydrogen (secondary N) is 2. The Bertz CT molecular complexity index is 1130. The van der Waals surface area contributed by atoms with Gasteiger partial charge >= 0.3 is 0 Å². The molecule has 0 aliphatic rings. The second kappa shape index (κ2) is 8.89. The molecule has 29 heavy (non-hydrogen) atoms. The lowest BCUT2D eigenvalue weighted by molar-refractivity contribution is 0.0955. The Morgan fingerprint density at radius 3 is 2.17 bits per heavy atom. The fourth-order valence-electron chi connectivity index (χ4n) is 2.40. The van der Waals surface area contributed by atoms with E-state index in [1.54, 1.807) is 36.4 Å². The lowest BCUT2D eigenvalue weighted by Crippen LogP contribution is -2.18. The van der Waals surface area contributed by atoms with Crippen molar-refractivity contribution in [3.63, 3.8) is 0 Å². The van der Waals surface area contributed by atoms with E-state index in [9.17, 15) is 13.2 Å². The van der Waals surface area contributed by atoms with Gasteiger partial charge in [0.1, 0.15) is 0 Å². The van der Waals surface area contributed by atoms with Crippen molar-refractivity contribution >= 4 is 39.4 Å². The van der Waals surface area contributed by atoms with Gasteiger partial charge in [0.05, 0.1) is 11.1 Å². The van der Waals surface area contributed by atoms with Crippen molar-refractivity contribution in [2.45, 2.75) is 11.8 Å². The number of sulfonamides is 1. The maximum Gasteiger partial charge on any atom is 0.271 e. The van der Waals surface area contributed by atoms with Gasteiger partial charge in [-0.05, 0) is 61.0 Å². The number of carbonyl (C=O) groups is 1. The molecule has 0 heterocycles. The number of amides is 1. The van der Waals surface area contributed by atoms with Crippen LogP contribution in [0.3, 0.4) is 0 Å². The van der Waals surface area contributed by atoms with Gasteiger partial charge in [-0.25, -0.2) is 13.8 Å². The van der Waals surface area contributed by atoms with Crippen LogP contribution < -0.4 is 10.1 Å². The van der Waals surface area contributed by atoms with Crippen molar-refractivity contribution in [2.24, 2.45) is 5.10 Å². The van der Waals surface area contributed by atoms with Crippen LogP contribution in [0.15, 0.2) is 82.8 Å². The number of halogens is 1. The summed E-state index contributed by atoms with van der Waals surface area (Å²) in [4.78, 5) is 12.3. The normalized spacial score (nSPS) is 11.4. The largest absolute Gasteiger partial charge is 0.280 e. The highest BCUT2D eigenvalue weighted by Crippen LogP contribution is 2.17. The van der Waals surface area contributed by atoms with Crippen LogP contribution in [0.25, 0.3) is 0 Å². The van der Waals surface area contributed by atoms with E-state index in [0.29, 0.717) is 16.3 Å². The van der Waals surface area contributed by atoms with Crippen LogP contribution in [-0.4, -0.2) is 20.5 Å².